The highest BCUT2D eigenvalue weighted by molar-refractivity contribution is 5.97. The first kappa shape index (κ1) is 24.7. The number of carbonyl (C=O) groups excluding carboxylic acids is 2. The summed E-state index contributed by atoms with van der Waals surface area (Å²) in [7, 11) is 0. The van der Waals surface area contributed by atoms with E-state index in [9.17, 15) is 9.59 Å². The third-order valence-electron chi connectivity index (χ3n) is 5.33. The summed E-state index contributed by atoms with van der Waals surface area (Å²) in [6, 6.07) is 23.5. The molecule has 0 spiro atoms. The molecule has 0 fully saturated rings. The van der Waals surface area contributed by atoms with Crippen molar-refractivity contribution in [1.29, 1.82) is 0 Å². The number of aromatic nitrogens is 2. The molecule has 1 aromatic heterocycles. The molecule has 0 bridgehead atoms. The minimum atomic E-state index is -0.882. The van der Waals surface area contributed by atoms with E-state index in [2.05, 4.69) is 20.6 Å². The van der Waals surface area contributed by atoms with Crippen LogP contribution in [0.4, 0.5) is 5.69 Å². The Balaban J connectivity index is 1.36. The monoisotopic (exact) mass is 484 g/mol. The van der Waals surface area contributed by atoms with E-state index in [1.165, 1.54) is 6.33 Å². The number of carbonyl (C=O) groups is 2. The maximum Gasteiger partial charge on any atom is 0.249 e. The first-order chi connectivity index (χ1) is 17.5. The number of imidazole rings is 1. The highest BCUT2D eigenvalue weighted by Crippen LogP contribution is 2.23. The normalized spacial score (nSPS) is 11.5. The Morgan fingerprint density at radius 3 is 2.31 bits per heavy atom. The summed E-state index contributed by atoms with van der Waals surface area (Å²) in [5.41, 5.74) is 3.36. The zero-order valence-electron chi connectivity index (χ0n) is 19.9. The van der Waals surface area contributed by atoms with E-state index in [4.69, 9.17) is 9.47 Å². The molecule has 0 aliphatic rings. The Labute approximate surface area is 209 Å². The molecule has 0 saturated carbocycles. The highest BCUT2D eigenvalue weighted by Gasteiger charge is 2.22. The van der Waals surface area contributed by atoms with Gasteiger partial charge in [-0.3, -0.25) is 9.59 Å². The van der Waals surface area contributed by atoms with Crippen LogP contribution in [0.5, 0.6) is 11.5 Å². The molecule has 8 heteroatoms. The lowest BCUT2D eigenvalue weighted by Gasteiger charge is -2.19. The van der Waals surface area contributed by atoms with Gasteiger partial charge in [0, 0.05) is 17.6 Å². The molecule has 2 amide bonds. The first-order valence-electron chi connectivity index (χ1n) is 11.6. The first-order valence-corrected chi connectivity index (χ1v) is 11.6. The predicted octanol–water partition coefficient (Wildman–Crippen LogP) is 4.39. The van der Waals surface area contributed by atoms with Crippen molar-refractivity contribution in [2.75, 3.05) is 11.9 Å². The van der Waals surface area contributed by atoms with Gasteiger partial charge in [0.25, 0.3) is 0 Å². The third-order valence-corrected chi connectivity index (χ3v) is 5.33. The molecule has 36 heavy (non-hydrogen) atoms. The van der Waals surface area contributed by atoms with E-state index in [0.29, 0.717) is 23.7 Å². The van der Waals surface area contributed by atoms with Gasteiger partial charge in [0.2, 0.25) is 11.8 Å². The fourth-order valence-electron chi connectivity index (χ4n) is 3.43. The van der Waals surface area contributed by atoms with Crippen LogP contribution in [-0.2, 0) is 27.4 Å². The lowest BCUT2D eigenvalue weighted by Crippen LogP contribution is -2.47. The quantitative estimate of drug-likeness (QED) is 0.293. The van der Waals surface area contributed by atoms with Crippen LogP contribution in [0.25, 0.3) is 0 Å². The zero-order chi connectivity index (χ0) is 25.2. The Morgan fingerprint density at radius 2 is 1.64 bits per heavy atom. The molecule has 3 aromatic carbocycles. The molecule has 0 saturated heterocycles. The predicted molar refractivity (Wildman–Crippen MR) is 137 cm³/mol. The van der Waals surface area contributed by atoms with Gasteiger partial charge in [0.15, 0.2) is 0 Å². The van der Waals surface area contributed by atoms with Crippen molar-refractivity contribution < 1.29 is 19.1 Å². The summed E-state index contributed by atoms with van der Waals surface area (Å²) < 4.78 is 11.6. The molecule has 0 aliphatic heterocycles. The van der Waals surface area contributed by atoms with Crippen molar-refractivity contribution in [2.45, 2.75) is 26.0 Å². The van der Waals surface area contributed by atoms with Crippen molar-refractivity contribution >= 4 is 17.5 Å². The van der Waals surface area contributed by atoms with E-state index in [-0.39, 0.29) is 24.8 Å². The van der Waals surface area contributed by atoms with Crippen LogP contribution in [0.15, 0.2) is 91.4 Å². The summed E-state index contributed by atoms with van der Waals surface area (Å²) in [5, 5.41) is 5.61. The second-order valence-electron chi connectivity index (χ2n) is 8.30. The van der Waals surface area contributed by atoms with Gasteiger partial charge < -0.3 is 25.1 Å². The summed E-state index contributed by atoms with van der Waals surface area (Å²) >= 11 is 0. The van der Waals surface area contributed by atoms with E-state index in [1.54, 1.807) is 30.5 Å². The largest absolute Gasteiger partial charge is 0.457 e. The number of amides is 2. The number of nitrogens with zero attached hydrogens (tertiary/aromatic N) is 1. The second-order valence-corrected chi connectivity index (χ2v) is 8.30. The summed E-state index contributed by atoms with van der Waals surface area (Å²) in [5.74, 6) is 0.679. The molecule has 3 N–H and O–H groups in total. The maximum absolute atomic E-state index is 13.0. The van der Waals surface area contributed by atoms with Gasteiger partial charge in [-0.15, -0.1) is 0 Å². The second kappa shape index (κ2) is 12.3. The van der Waals surface area contributed by atoms with Gasteiger partial charge in [-0.1, -0.05) is 48.0 Å². The number of nitrogens with one attached hydrogen (secondary N) is 3. The fraction of sp³-hybridized carbons (Fsp3) is 0.179. The number of anilines is 1. The average molecular weight is 485 g/mol. The number of ether oxygens (including phenoxy) is 2. The molecule has 1 atom stereocenters. The minimum Gasteiger partial charge on any atom is -0.457 e. The maximum atomic E-state index is 13.0. The number of aromatic amines is 1. The summed E-state index contributed by atoms with van der Waals surface area (Å²) in [4.78, 5) is 32.4. The van der Waals surface area contributed by atoms with Crippen LogP contribution < -0.4 is 15.4 Å². The number of benzene rings is 3. The highest BCUT2D eigenvalue weighted by atomic mass is 16.5. The molecule has 184 valence electrons. The Hall–Kier alpha value is -4.43. The Bertz CT molecular complexity index is 1240. The van der Waals surface area contributed by atoms with Crippen molar-refractivity contribution in [3.8, 4) is 11.5 Å². The smallest absolute Gasteiger partial charge is 0.249 e. The molecule has 0 radical (unpaired) electrons. The van der Waals surface area contributed by atoms with Crippen LogP contribution in [0.1, 0.15) is 16.8 Å². The van der Waals surface area contributed by atoms with Crippen molar-refractivity contribution in [3.05, 3.63) is 108 Å². The molecule has 8 nitrogen and oxygen atoms in total. The van der Waals surface area contributed by atoms with Gasteiger partial charge in [-0.25, -0.2) is 4.98 Å². The molecule has 0 aliphatic carbocycles. The van der Waals surface area contributed by atoms with Crippen LogP contribution in [0, 0.1) is 6.92 Å². The lowest BCUT2D eigenvalue weighted by atomic mass is 10.2. The molecule has 4 aromatic rings. The van der Waals surface area contributed by atoms with Crippen molar-refractivity contribution in [1.82, 2.24) is 15.3 Å². The summed E-state index contributed by atoms with van der Waals surface area (Å²) in [6.07, 6.45) is 3.15. The molecule has 0 unspecified atom stereocenters. The van der Waals surface area contributed by atoms with Gasteiger partial charge in [0.05, 0.1) is 26.0 Å². The van der Waals surface area contributed by atoms with Crippen LogP contribution in [0.2, 0.25) is 0 Å². The van der Waals surface area contributed by atoms with E-state index in [1.807, 2.05) is 61.5 Å². The number of rotatable bonds is 11. The van der Waals surface area contributed by atoms with Gasteiger partial charge in [0.1, 0.15) is 17.5 Å². The summed E-state index contributed by atoms with van der Waals surface area (Å²) in [6.45, 7) is 2.36. The van der Waals surface area contributed by atoms with Crippen molar-refractivity contribution in [3.63, 3.8) is 0 Å². The molecule has 1 heterocycles. The van der Waals surface area contributed by atoms with E-state index in [0.717, 1.165) is 16.9 Å². The number of hydrogen-bond acceptors (Lipinski definition) is 5. The number of H-pyrrole nitrogens is 1. The third kappa shape index (κ3) is 7.54. The lowest BCUT2D eigenvalue weighted by molar-refractivity contribution is -0.127. The molecular formula is C28H28N4O4. The Kier molecular flexibility index (Phi) is 8.45. The SMILES string of the molecule is Cc1ccc(Oc2ccc(NC(=O)[C@H](COCc3ccccc3)NC(=O)Cc3cnc[nH]3)cc2)cc1. The van der Waals surface area contributed by atoms with Gasteiger partial charge in [-0.2, -0.15) is 0 Å². The Morgan fingerprint density at radius 1 is 0.944 bits per heavy atom. The van der Waals surface area contributed by atoms with Crippen LogP contribution in [-0.4, -0.2) is 34.4 Å². The van der Waals surface area contributed by atoms with E-state index >= 15 is 0 Å². The molecule has 4 rings (SSSR count). The average Bonchev–Trinajstić information content (AvgIpc) is 3.39. The number of hydrogen-bond donors (Lipinski definition) is 3. The fourth-order valence-corrected chi connectivity index (χ4v) is 3.43. The van der Waals surface area contributed by atoms with Crippen LogP contribution >= 0.6 is 0 Å². The van der Waals surface area contributed by atoms with E-state index < -0.39 is 6.04 Å². The van der Waals surface area contributed by atoms with Gasteiger partial charge >= 0.3 is 0 Å². The minimum absolute atomic E-state index is 0.0179. The van der Waals surface area contributed by atoms with Gasteiger partial charge in [-0.05, 0) is 48.9 Å². The van der Waals surface area contributed by atoms with Crippen LogP contribution in [0.3, 0.4) is 0 Å². The standard InChI is InChI=1S/C28H28N4O4/c1-20-7-11-24(12-8-20)36-25-13-9-22(10-14-25)31-28(34)26(18-35-17-21-5-3-2-4-6-21)32-27(33)15-23-16-29-19-30-23/h2-14,16,19,26H,15,17-18H2,1H3,(H,29,30)(H,31,34)(H,32,33)/t26-/m0/s1. The van der Waals surface area contributed by atoms with Crippen molar-refractivity contribution in [2.24, 2.45) is 0 Å². The zero-order valence-corrected chi connectivity index (χ0v) is 19.9. The topological polar surface area (TPSA) is 105 Å². The number of aryl methyl sites for hydroxylation is 1. The molecular weight excluding hydrogens is 456 g/mol.